The topological polar surface area (TPSA) is 92.7 Å². The number of aliphatic hydroxyl groups is 1. The Morgan fingerprint density at radius 1 is 1.15 bits per heavy atom. The number of methoxy groups -OCH3 is 1. The highest BCUT2D eigenvalue weighted by molar-refractivity contribution is 5.70. The van der Waals surface area contributed by atoms with Crippen LogP contribution in [-0.2, 0) is 33.2 Å². The molecule has 1 saturated carbocycles. The van der Waals surface area contributed by atoms with Gasteiger partial charge in [0, 0.05) is 25.0 Å². The molecule has 0 amide bonds. The molecule has 0 radical (unpaired) electrons. The zero-order valence-electron chi connectivity index (χ0n) is 19.8. The Morgan fingerprint density at radius 2 is 1.91 bits per heavy atom. The molecule has 188 valence electrons. The molecule has 0 spiro atoms. The minimum absolute atomic E-state index is 0.000626. The lowest BCUT2D eigenvalue weighted by Crippen LogP contribution is -2.35. The first-order chi connectivity index (χ1) is 16.2. The van der Waals surface area contributed by atoms with Crippen LogP contribution in [0.1, 0.15) is 51.4 Å². The van der Waals surface area contributed by atoms with Gasteiger partial charge in [-0.05, 0) is 63.2 Å². The summed E-state index contributed by atoms with van der Waals surface area (Å²) in [7, 11) is 1.34. The average molecular weight is 469 g/mol. The number of aliphatic hydroxyl groups excluding tert-OH is 1. The molecule has 8 nitrogen and oxygen atoms in total. The highest BCUT2D eigenvalue weighted by Crippen LogP contribution is 2.50. The summed E-state index contributed by atoms with van der Waals surface area (Å²) in [5.74, 6) is 0.548. The number of carbonyl (C=O) groups is 1. The summed E-state index contributed by atoms with van der Waals surface area (Å²) in [6.07, 6.45) is 10.4. The van der Waals surface area contributed by atoms with Gasteiger partial charge >= 0.3 is 5.97 Å². The lowest BCUT2D eigenvalue weighted by Gasteiger charge is -2.32. The van der Waals surface area contributed by atoms with Crippen molar-refractivity contribution in [2.24, 2.45) is 23.7 Å². The van der Waals surface area contributed by atoms with Crippen molar-refractivity contribution >= 4 is 5.97 Å². The highest BCUT2D eigenvalue weighted by atomic mass is 16.7. The lowest BCUT2D eigenvalue weighted by atomic mass is 9.88. The van der Waals surface area contributed by atoms with Crippen LogP contribution in [0.3, 0.4) is 0 Å². The maximum absolute atomic E-state index is 11.3. The average Bonchev–Trinajstić information content (AvgIpc) is 3.39. The summed E-state index contributed by atoms with van der Waals surface area (Å²) in [5.41, 5.74) is 1.21. The van der Waals surface area contributed by atoms with Gasteiger partial charge in [-0.25, -0.2) is 4.79 Å². The monoisotopic (exact) mass is 468 g/mol. The number of carbonyl (C=O) groups excluding carboxylic acids is 1. The number of ether oxygens (including phenoxy) is 6. The first-order valence-corrected chi connectivity index (χ1v) is 12.6. The maximum atomic E-state index is 11.3. The van der Waals surface area contributed by atoms with Crippen molar-refractivity contribution < 1.29 is 38.3 Å². The summed E-state index contributed by atoms with van der Waals surface area (Å²) in [6.45, 7) is 2.38. The van der Waals surface area contributed by atoms with Gasteiger partial charge in [-0.15, -0.1) is 0 Å². The molecule has 2 saturated heterocycles. The number of allylic oxidation sites excluding steroid dienone is 1. The standard InChI is InChI=1S/C25H40O8/c1-28-23(27)16-29-14-19(13-26)17-10-18-12-22(33-25-7-3-5-9-31-25)21(20(18)11-17)15-32-24-6-2-4-8-30-24/h10,18-22,24-26H,2-9,11-16H2,1H3/t18?,19?,20?,21-,22-,24?,25?/m1/s1. The fourth-order valence-corrected chi connectivity index (χ4v) is 5.71. The minimum atomic E-state index is -0.406. The van der Waals surface area contributed by atoms with Crippen LogP contribution in [-0.4, -0.2) is 76.5 Å². The smallest absolute Gasteiger partial charge is 0.331 e. The van der Waals surface area contributed by atoms with E-state index in [1.807, 2.05) is 0 Å². The fraction of sp³-hybridized carbons (Fsp3) is 0.880. The Kier molecular flexibility index (Phi) is 9.58. The van der Waals surface area contributed by atoms with Crippen LogP contribution in [0.5, 0.6) is 0 Å². The van der Waals surface area contributed by atoms with Crippen molar-refractivity contribution in [2.75, 3.05) is 46.8 Å². The van der Waals surface area contributed by atoms with Crippen LogP contribution in [0.4, 0.5) is 0 Å². The zero-order chi connectivity index (χ0) is 23.0. The van der Waals surface area contributed by atoms with Gasteiger partial charge in [-0.3, -0.25) is 0 Å². The second-order valence-corrected chi connectivity index (χ2v) is 9.74. The van der Waals surface area contributed by atoms with E-state index in [1.165, 1.54) is 12.7 Å². The Hall–Kier alpha value is -1.03. The van der Waals surface area contributed by atoms with E-state index in [-0.39, 0.29) is 43.7 Å². The largest absolute Gasteiger partial charge is 0.467 e. The molecule has 33 heavy (non-hydrogen) atoms. The van der Waals surface area contributed by atoms with E-state index < -0.39 is 5.97 Å². The molecular weight excluding hydrogens is 428 g/mol. The summed E-state index contributed by atoms with van der Waals surface area (Å²) < 4.78 is 34.5. The molecule has 0 aromatic heterocycles. The normalized spacial score (nSPS) is 35.2. The first-order valence-electron chi connectivity index (χ1n) is 12.6. The van der Waals surface area contributed by atoms with Crippen molar-refractivity contribution in [1.82, 2.24) is 0 Å². The highest BCUT2D eigenvalue weighted by Gasteiger charge is 2.48. The summed E-state index contributed by atoms with van der Waals surface area (Å²) in [6, 6.07) is 0. The second-order valence-electron chi connectivity index (χ2n) is 9.74. The van der Waals surface area contributed by atoms with Crippen LogP contribution in [0.15, 0.2) is 11.6 Å². The molecule has 0 aromatic carbocycles. The number of fused-ring (bicyclic) bond motifs is 1. The molecule has 3 fully saturated rings. The van der Waals surface area contributed by atoms with E-state index in [9.17, 15) is 9.90 Å². The Morgan fingerprint density at radius 3 is 2.58 bits per heavy atom. The molecule has 4 aliphatic rings. The number of hydrogen-bond acceptors (Lipinski definition) is 8. The summed E-state index contributed by atoms with van der Waals surface area (Å²) in [4.78, 5) is 11.3. The molecule has 2 aliphatic carbocycles. The van der Waals surface area contributed by atoms with Gasteiger partial charge in [0.25, 0.3) is 0 Å². The van der Waals surface area contributed by atoms with Crippen molar-refractivity contribution in [3.8, 4) is 0 Å². The number of esters is 1. The molecule has 1 N–H and O–H groups in total. The van der Waals surface area contributed by atoms with E-state index >= 15 is 0 Å². The molecule has 7 atom stereocenters. The Bertz CT molecular complexity index is 640. The predicted octanol–water partition coefficient (Wildman–Crippen LogP) is 2.82. The molecule has 8 heteroatoms. The molecule has 0 aromatic rings. The van der Waals surface area contributed by atoms with Crippen molar-refractivity contribution in [3.63, 3.8) is 0 Å². The molecule has 5 unspecified atom stereocenters. The van der Waals surface area contributed by atoms with E-state index in [0.717, 1.165) is 64.6 Å². The van der Waals surface area contributed by atoms with Crippen LogP contribution in [0.2, 0.25) is 0 Å². The van der Waals surface area contributed by atoms with E-state index in [4.69, 9.17) is 23.7 Å². The third-order valence-electron chi connectivity index (χ3n) is 7.57. The van der Waals surface area contributed by atoms with Crippen LogP contribution in [0, 0.1) is 23.7 Å². The second kappa shape index (κ2) is 12.6. The van der Waals surface area contributed by atoms with E-state index in [0.29, 0.717) is 25.0 Å². The third-order valence-corrected chi connectivity index (χ3v) is 7.57. The Labute approximate surface area is 196 Å². The van der Waals surface area contributed by atoms with E-state index in [2.05, 4.69) is 10.8 Å². The molecule has 0 bridgehead atoms. The predicted molar refractivity (Wildman–Crippen MR) is 119 cm³/mol. The third kappa shape index (κ3) is 6.77. The molecule has 2 aliphatic heterocycles. The van der Waals surface area contributed by atoms with Gasteiger partial charge in [-0.1, -0.05) is 11.6 Å². The summed E-state index contributed by atoms with van der Waals surface area (Å²) >= 11 is 0. The Balaban J connectivity index is 1.36. The van der Waals surface area contributed by atoms with Gasteiger partial charge in [0.1, 0.15) is 6.61 Å². The van der Waals surface area contributed by atoms with Gasteiger partial charge in [-0.2, -0.15) is 0 Å². The molecule has 4 rings (SSSR count). The van der Waals surface area contributed by atoms with Crippen molar-refractivity contribution in [2.45, 2.75) is 70.1 Å². The van der Waals surface area contributed by atoms with Crippen LogP contribution in [0.25, 0.3) is 0 Å². The molecular formula is C25H40O8. The van der Waals surface area contributed by atoms with Gasteiger partial charge in [0.15, 0.2) is 12.6 Å². The van der Waals surface area contributed by atoms with Crippen LogP contribution < -0.4 is 0 Å². The van der Waals surface area contributed by atoms with Crippen molar-refractivity contribution in [3.05, 3.63) is 11.6 Å². The lowest BCUT2D eigenvalue weighted by molar-refractivity contribution is -0.211. The number of rotatable bonds is 11. The van der Waals surface area contributed by atoms with Crippen LogP contribution >= 0.6 is 0 Å². The zero-order valence-corrected chi connectivity index (χ0v) is 19.8. The quantitative estimate of drug-likeness (QED) is 0.366. The van der Waals surface area contributed by atoms with Gasteiger partial charge in [0.2, 0.25) is 0 Å². The van der Waals surface area contributed by atoms with Gasteiger partial charge in [0.05, 0.1) is 33.0 Å². The molecule has 2 heterocycles. The fourth-order valence-electron chi connectivity index (χ4n) is 5.71. The summed E-state index contributed by atoms with van der Waals surface area (Å²) in [5, 5.41) is 9.96. The van der Waals surface area contributed by atoms with E-state index in [1.54, 1.807) is 0 Å². The van der Waals surface area contributed by atoms with Crippen molar-refractivity contribution in [1.29, 1.82) is 0 Å². The number of hydrogen-bond donors (Lipinski definition) is 1. The SMILES string of the molecule is COC(=O)COCC(CO)C1=CC2C[C@@H](OC3CCCCO3)[C@H](COC3CCCCO3)C2C1. The maximum Gasteiger partial charge on any atom is 0.331 e. The minimum Gasteiger partial charge on any atom is -0.467 e. The van der Waals surface area contributed by atoms with Gasteiger partial charge < -0.3 is 33.5 Å². The first kappa shape index (κ1) is 25.1.